The van der Waals surface area contributed by atoms with Crippen LogP contribution >= 0.6 is 39.9 Å². The Balaban J connectivity index is 0.00000324. The van der Waals surface area contributed by atoms with Crippen molar-refractivity contribution in [1.82, 2.24) is 10.0 Å². The third-order valence-electron chi connectivity index (χ3n) is 2.34. The Kier molecular flexibility index (Phi) is 8.51. The molecule has 1 aromatic rings. The Morgan fingerprint density at radius 1 is 1.42 bits per heavy atom. The molecule has 0 amide bonds. The highest BCUT2D eigenvalue weighted by Crippen LogP contribution is 2.28. The normalized spacial score (nSPS) is 12.8. The molecule has 1 atom stereocenters. The second-order valence-corrected chi connectivity index (χ2v) is 6.83. The summed E-state index contributed by atoms with van der Waals surface area (Å²) in [5, 5.41) is 3.32. The van der Waals surface area contributed by atoms with Gasteiger partial charge in [0.1, 0.15) is 4.90 Å². The van der Waals surface area contributed by atoms with Crippen LogP contribution in [0.5, 0.6) is 0 Å². The lowest BCUT2D eigenvalue weighted by atomic mass is 10.3. The monoisotopic (exact) mass is 390 g/mol. The lowest BCUT2D eigenvalue weighted by molar-refractivity contribution is 0.536. The van der Waals surface area contributed by atoms with E-state index in [1.165, 1.54) is 6.07 Å². The summed E-state index contributed by atoms with van der Waals surface area (Å²) in [7, 11) is -3.58. The van der Waals surface area contributed by atoms with Crippen LogP contribution in [0.2, 0.25) is 5.02 Å². The second kappa shape index (κ2) is 8.44. The second-order valence-electron chi connectivity index (χ2n) is 3.86. The predicted octanol–water partition coefficient (Wildman–Crippen LogP) is 2.80. The minimum absolute atomic E-state index is 0. The summed E-state index contributed by atoms with van der Waals surface area (Å²) in [6.07, 6.45) is 0. The van der Waals surface area contributed by atoms with Crippen LogP contribution in [0, 0.1) is 0 Å². The molecule has 0 aliphatic rings. The molecule has 19 heavy (non-hydrogen) atoms. The Bertz CT molecular complexity index is 511. The quantitative estimate of drug-likeness (QED) is 0.783. The van der Waals surface area contributed by atoms with E-state index >= 15 is 0 Å². The van der Waals surface area contributed by atoms with Crippen molar-refractivity contribution in [3.63, 3.8) is 0 Å². The molecule has 8 heteroatoms. The topological polar surface area (TPSA) is 58.2 Å². The van der Waals surface area contributed by atoms with Crippen molar-refractivity contribution in [3.05, 3.63) is 27.7 Å². The van der Waals surface area contributed by atoms with E-state index in [9.17, 15) is 8.42 Å². The SMILES string of the molecule is CCN[C@H](C)CNS(=O)(=O)c1cccc(Br)c1Cl.Cl. The Labute approximate surface area is 133 Å². The molecule has 0 fully saturated rings. The maximum absolute atomic E-state index is 12.1. The number of nitrogens with one attached hydrogen (secondary N) is 2. The Hall–Kier alpha value is 0.150. The lowest BCUT2D eigenvalue weighted by Gasteiger charge is -2.14. The van der Waals surface area contributed by atoms with Gasteiger partial charge in [-0.05, 0) is 41.5 Å². The van der Waals surface area contributed by atoms with Crippen molar-refractivity contribution in [1.29, 1.82) is 0 Å². The zero-order chi connectivity index (χ0) is 13.8. The van der Waals surface area contributed by atoms with Gasteiger partial charge in [-0.2, -0.15) is 0 Å². The van der Waals surface area contributed by atoms with E-state index in [0.717, 1.165) is 6.54 Å². The number of hydrogen-bond acceptors (Lipinski definition) is 3. The molecule has 1 aromatic carbocycles. The molecule has 0 aliphatic heterocycles. The molecule has 0 heterocycles. The van der Waals surface area contributed by atoms with Gasteiger partial charge in [-0.25, -0.2) is 13.1 Å². The van der Waals surface area contributed by atoms with Gasteiger partial charge in [0, 0.05) is 17.1 Å². The van der Waals surface area contributed by atoms with Crippen LogP contribution in [0.15, 0.2) is 27.6 Å². The van der Waals surface area contributed by atoms with E-state index in [2.05, 4.69) is 26.0 Å². The first kappa shape index (κ1) is 19.1. The molecule has 110 valence electrons. The summed E-state index contributed by atoms with van der Waals surface area (Å²) >= 11 is 9.18. The fourth-order valence-corrected chi connectivity index (χ4v) is 3.58. The molecule has 2 N–H and O–H groups in total. The minimum Gasteiger partial charge on any atom is -0.313 e. The van der Waals surface area contributed by atoms with Gasteiger partial charge in [-0.1, -0.05) is 24.6 Å². The lowest BCUT2D eigenvalue weighted by Crippen LogP contribution is -2.38. The van der Waals surface area contributed by atoms with Gasteiger partial charge >= 0.3 is 0 Å². The summed E-state index contributed by atoms with van der Waals surface area (Å²) in [6, 6.07) is 4.88. The smallest absolute Gasteiger partial charge is 0.242 e. The Morgan fingerprint density at radius 3 is 2.63 bits per heavy atom. The largest absolute Gasteiger partial charge is 0.313 e. The first-order chi connectivity index (χ1) is 8.38. The van der Waals surface area contributed by atoms with Gasteiger partial charge in [0.2, 0.25) is 10.0 Å². The standard InChI is InChI=1S/C11H16BrClN2O2S.ClH/c1-3-14-8(2)7-15-18(16,17)10-6-4-5-9(12)11(10)13;/h4-6,8,14-15H,3,7H2,1-2H3;1H/t8-;/m1./s1. The zero-order valence-electron chi connectivity index (χ0n) is 10.6. The van der Waals surface area contributed by atoms with E-state index in [1.807, 2.05) is 13.8 Å². The summed E-state index contributed by atoms with van der Waals surface area (Å²) < 4.78 is 27.2. The fraction of sp³-hybridized carbons (Fsp3) is 0.455. The first-order valence-corrected chi connectivity index (χ1v) is 8.21. The number of likely N-dealkylation sites (N-methyl/N-ethyl adjacent to an activating group) is 1. The van der Waals surface area contributed by atoms with Crippen molar-refractivity contribution < 1.29 is 8.42 Å². The van der Waals surface area contributed by atoms with Crippen molar-refractivity contribution >= 4 is 50.0 Å². The molecule has 1 rings (SSSR count). The average molecular weight is 392 g/mol. The highest BCUT2D eigenvalue weighted by Gasteiger charge is 2.19. The third-order valence-corrected chi connectivity index (χ3v) is 5.21. The van der Waals surface area contributed by atoms with E-state index in [4.69, 9.17) is 11.6 Å². The number of benzene rings is 1. The predicted molar refractivity (Wildman–Crippen MR) is 84.7 cm³/mol. The zero-order valence-corrected chi connectivity index (χ0v) is 14.6. The summed E-state index contributed by atoms with van der Waals surface area (Å²) in [4.78, 5) is 0.0854. The Morgan fingerprint density at radius 2 is 2.05 bits per heavy atom. The molecule has 0 bridgehead atoms. The number of halogens is 3. The van der Waals surface area contributed by atoms with Crippen molar-refractivity contribution in [2.24, 2.45) is 0 Å². The van der Waals surface area contributed by atoms with Gasteiger partial charge < -0.3 is 5.32 Å². The van der Waals surface area contributed by atoms with Gasteiger partial charge in [-0.15, -0.1) is 12.4 Å². The van der Waals surface area contributed by atoms with Crippen LogP contribution in [0.3, 0.4) is 0 Å². The van der Waals surface area contributed by atoms with Gasteiger partial charge in [0.25, 0.3) is 0 Å². The van der Waals surface area contributed by atoms with E-state index in [0.29, 0.717) is 11.0 Å². The molecule has 0 aromatic heterocycles. The first-order valence-electron chi connectivity index (χ1n) is 5.55. The summed E-state index contributed by atoms with van der Waals surface area (Å²) in [6.45, 7) is 4.99. The maximum atomic E-state index is 12.1. The molecule has 0 aliphatic carbocycles. The molecular formula is C11H17BrCl2N2O2S. The van der Waals surface area contributed by atoms with Crippen molar-refractivity contribution in [3.8, 4) is 0 Å². The third kappa shape index (κ3) is 5.57. The molecular weight excluding hydrogens is 375 g/mol. The number of rotatable bonds is 6. The van der Waals surface area contributed by atoms with Crippen LogP contribution < -0.4 is 10.0 Å². The van der Waals surface area contributed by atoms with Crippen LogP contribution in [-0.4, -0.2) is 27.5 Å². The average Bonchev–Trinajstić information content (AvgIpc) is 2.30. The van der Waals surface area contributed by atoms with Crippen LogP contribution in [-0.2, 0) is 10.0 Å². The van der Waals surface area contributed by atoms with Gasteiger partial charge in [0.15, 0.2) is 0 Å². The molecule has 0 saturated heterocycles. The van der Waals surface area contributed by atoms with E-state index in [-0.39, 0.29) is 28.4 Å². The number of hydrogen-bond donors (Lipinski definition) is 2. The summed E-state index contributed by atoms with van der Waals surface area (Å²) in [5.74, 6) is 0. The number of sulfonamides is 1. The van der Waals surface area contributed by atoms with Crippen LogP contribution in [0.1, 0.15) is 13.8 Å². The highest BCUT2D eigenvalue weighted by molar-refractivity contribution is 9.10. The minimum atomic E-state index is -3.58. The molecule has 0 radical (unpaired) electrons. The van der Waals surface area contributed by atoms with Crippen LogP contribution in [0.25, 0.3) is 0 Å². The molecule has 0 spiro atoms. The van der Waals surface area contributed by atoms with Crippen molar-refractivity contribution in [2.45, 2.75) is 24.8 Å². The van der Waals surface area contributed by atoms with E-state index in [1.54, 1.807) is 12.1 Å². The van der Waals surface area contributed by atoms with Gasteiger partial charge in [0.05, 0.1) is 5.02 Å². The van der Waals surface area contributed by atoms with Crippen molar-refractivity contribution in [2.75, 3.05) is 13.1 Å². The van der Waals surface area contributed by atoms with Crippen LogP contribution in [0.4, 0.5) is 0 Å². The molecule has 4 nitrogen and oxygen atoms in total. The van der Waals surface area contributed by atoms with Gasteiger partial charge in [-0.3, -0.25) is 0 Å². The maximum Gasteiger partial charge on any atom is 0.242 e. The molecule has 0 saturated carbocycles. The molecule has 0 unspecified atom stereocenters. The highest BCUT2D eigenvalue weighted by atomic mass is 79.9. The van der Waals surface area contributed by atoms with E-state index < -0.39 is 10.0 Å². The fourth-order valence-electron chi connectivity index (χ4n) is 1.42. The summed E-state index contributed by atoms with van der Waals surface area (Å²) in [5.41, 5.74) is 0.